The number of amides is 4. The van der Waals surface area contributed by atoms with E-state index in [1.807, 2.05) is 12.1 Å². The second kappa shape index (κ2) is 9.90. The SMILES string of the molecule is CN1CCN(Cc2cccc(CNC(=O)CN3C(=O)NC(C)(c4ccc(F)cc4)C3=O)c2)CC1. The summed E-state index contributed by atoms with van der Waals surface area (Å²) in [6.07, 6.45) is 0. The van der Waals surface area contributed by atoms with Crippen LogP contribution < -0.4 is 10.6 Å². The van der Waals surface area contributed by atoms with E-state index in [1.54, 1.807) is 6.92 Å². The largest absolute Gasteiger partial charge is 0.350 e. The minimum Gasteiger partial charge on any atom is -0.350 e. The first-order valence-electron chi connectivity index (χ1n) is 11.4. The van der Waals surface area contributed by atoms with Crippen molar-refractivity contribution in [1.29, 1.82) is 0 Å². The molecule has 1 atom stereocenters. The number of carbonyl (C=O) groups excluding carboxylic acids is 3. The van der Waals surface area contributed by atoms with E-state index in [0.29, 0.717) is 12.1 Å². The molecular formula is C25H30FN5O3. The fourth-order valence-electron chi connectivity index (χ4n) is 4.32. The van der Waals surface area contributed by atoms with Crippen molar-refractivity contribution < 1.29 is 18.8 Å². The number of hydrogen-bond donors (Lipinski definition) is 2. The topological polar surface area (TPSA) is 85.0 Å². The van der Waals surface area contributed by atoms with E-state index in [1.165, 1.54) is 29.8 Å². The lowest BCUT2D eigenvalue weighted by Gasteiger charge is -2.32. The lowest BCUT2D eigenvalue weighted by atomic mass is 9.92. The van der Waals surface area contributed by atoms with Crippen molar-refractivity contribution in [3.8, 4) is 0 Å². The number of halogens is 1. The number of nitrogens with zero attached hydrogens (tertiary/aromatic N) is 3. The Kier molecular flexibility index (Phi) is 6.95. The van der Waals surface area contributed by atoms with E-state index in [4.69, 9.17) is 0 Å². The molecule has 4 rings (SSSR count). The molecule has 0 aromatic heterocycles. The van der Waals surface area contributed by atoms with Crippen LogP contribution in [0.25, 0.3) is 0 Å². The lowest BCUT2D eigenvalue weighted by molar-refractivity contribution is -0.134. The van der Waals surface area contributed by atoms with Crippen LogP contribution in [-0.2, 0) is 28.2 Å². The first kappa shape index (κ1) is 23.8. The fourth-order valence-corrected chi connectivity index (χ4v) is 4.32. The molecule has 2 fully saturated rings. The molecule has 34 heavy (non-hydrogen) atoms. The molecule has 2 aliphatic heterocycles. The zero-order valence-electron chi connectivity index (χ0n) is 19.5. The smallest absolute Gasteiger partial charge is 0.325 e. The third kappa shape index (κ3) is 5.26. The number of piperazine rings is 1. The van der Waals surface area contributed by atoms with Crippen LogP contribution in [0.1, 0.15) is 23.6 Å². The van der Waals surface area contributed by atoms with Gasteiger partial charge in [-0.2, -0.15) is 0 Å². The number of nitrogens with one attached hydrogen (secondary N) is 2. The van der Waals surface area contributed by atoms with Gasteiger partial charge in [0.05, 0.1) is 0 Å². The minimum absolute atomic E-state index is 0.300. The van der Waals surface area contributed by atoms with Gasteiger partial charge in [0, 0.05) is 39.3 Å². The average molecular weight is 468 g/mol. The minimum atomic E-state index is -1.34. The highest BCUT2D eigenvalue weighted by Gasteiger charge is 2.49. The highest BCUT2D eigenvalue weighted by Crippen LogP contribution is 2.28. The summed E-state index contributed by atoms with van der Waals surface area (Å²) >= 11 is 0. The molecule has 0 bridgehead atoms. The average Bonchev–Trinajstić information content (AvgIpc) is 3.03. The second-order valence-corrected chi connectivity index (χ2v) is 9.13. The van der Waals surface area contributed by atoms with Gasteiger partial charge in [-0.3, -0.25) is 19.4 Å². The molecule has 8 nitrogen and oxygen atoms in total. The Bertz CT molecular complexity index is 1070. The van der Waals surface area contributed by atoms with E-state index in [9.17, 15) is 18.8 Å². The van der Waals surface area contributed by atoms with Crippen LogP contribution in [0, 0.1) is 5.82 Å². The molecule has 2 saturated heterocycles. The van der Waals surface area contributed by atoms with Gasteiger partial charge in [-0.05, 0) is 42.8 Å². The van der Waals surface area contributed by atoms with E-state index < -0.39 is 29.2 Å². The predicted octanol–water partition coefficient (Wildman–Crippen LogP) is 1.66. The highest BCUT2D eigenvalue weighted by molar-refractivity contribution is 6.09. The maximum absolute atomic E-state index is 13.3. The summed E-state index contributed by atoms with van der Waals surface area (Å²) in [4.78, 5) is 43.5. The summed E-state index contributed by atoms with van der Waals surface area (Å²) in [7, 11) is 2.13. The van der Waals surface area contributed by atoms with Crippen LogP contribution in [0.15, 0.2) is 48.5 Å². The second-order valence-electron chi connectivity index (χ2n) is 9.13. The quantitative estimate of drug-likeness (QED) is 0.605. The first-order valence-corrected chi connectivity index (χ1v) is 11.4. The molecule has 2 aromatic carbocycles. The van der Waals surface area contributed by atoms with Crippen molar-refractivity contribution in [2.75, 3.05) is 39.8 Å². The maximum Gasteiger partial charge on any atom is 0.325 e. The van der Waals surface area contributed by atoms with Gasteiger partial charge in [-0.1, -0.05) is 36.4 Å². The van der Waals surface area contributed by atoms with Crippen LogP contribution >= 0.6 is 0 Å². The van der Waals surface area contributed by atoms with Crippen LogP contribution in [0.4, 0.5) is 9.18 Å². The van der Waals surface area contributed by atoms with Gasteiger partial charge >= 0.3 is 6.03 Å². The Morgan fingerprint density at radius 2 is 1.74 bits per heavy atom. The van der Waals surface area contributed by atoms with Crippen LogP contribution in [0.5, 0.6) is 0 Å². The summed E-state index contributed by atoms with van der Waals surface area (Å²) < 4.78 is 13.3. The summed E-state index contributed by atoms with van der Waals surface area (Å²) in [6.45, 7) is 6.49. The maximum atomic E-state index is 13.3. The number of rotatable bonds is 7. The molecule has 2 N–H and O–H groups in total. The summed E-state index contributed by atoms with van der Waals surface area (Å²) in [6, 6.07) is 12.8. The van der Waals surface area contributed by atoms with E-state index in [-0.39, 0.29) is 6.54 Å². The van der Waals surface area contributed by atoms with Gasteiger partial charge < -0.3 is 15.5 Å². The van der Waals surface area contributed by atoms with Crippen molar-refractivity contribution in [3.05, 3.63) is 71.0 Å². The van der Waals surface area contributed by atoms with Crippen LogP contribution in [0.3, 0.4) is 0 Å². The van der Waals surface area contributed by atoms with Gasteiger partial charge in [0.25, 0.3) is 5.91 Å². The fraction of sp³-hybridized carbons (Fsp3) is 0.400. The normalized spacial score (nSPS) is 21.6. The molecule has 2 heterocycles. The zero-order chi connectivity index (χ0) is 24.3. The van der Waals surface area contributed by atoms with Crippen molar-refractivity contribution in [3.63, 3.8) is 0 Å². The molecule has 2 aliphatic rings. The van der Waals surface area contributed by atoms with Crippen LogP contribution in [0.2, 0.25) is 0 Å². The number of urea groups is 1. The van der Waals surface area contributed by atoms with Gasteiger partial charge in [0.2, 0.25) is 5.91 Å². The molecule has 9 heteroatoms. The number of likely N-dealkylation sites (N-methyl/N-ethyl adjacent to an activating group) is 1. The Labute approximate surface area is 198 Å². The number of benzene rings is 2. The van der Waals surface area contributed by atoms with Gasteiger partial charge in [0.1, 0.15) is 17.9 Å². The molecule has 2 aromatic rings. The Morgan fingerprint density at radius 1 is 1.06 bits per heavy atom. The Hall–Kier alpha value is -3.30. The molecular weight excluding hydrogens is 437 g/mol. The number of imide groups is 1. The molecule has 0 radical (unpaired) electrons. The van der Waals surface area contributed by atoms with E-state index >= 15 is 0 Å². The Balaban J connectivity index is 1.32. The standard InChI is InChI=1S/C25H30FN5O3/c1-25(20-6-8-21(26)9-7-20)23(33)31(24(34)28-25)17-22(32)27-15-18-4-3-5-19(14-18)16-30-12-10-29(2)11-13-30/h3-9,14H,10-13,15-17H2,1-2H3,(H,27,32)(H,28,34). The van der Waals surface area contributed by atoms with Crippen LogP contribution in [-0.4, -0.2) is 72.3 Å². The predicted molar refractivity (Wildman–Crippen MR) is 125 cm³/mol. The van der Waals surface area contributed by atoms with Gasteiger partial charge in [-0.15, -0.1) is 0 Å². The van der Waals surface area contributed by atoms with E-state index in [2.05, 4.69) is 39.6 Å². The molecule has 0 saturated carbocycles. The molecule has 1 unspecified atom stereocenters. The number of carbonyl (C=O) groups is 3. The first-order chi connectivity index (χ1) is 16.2. The van der Waals surface area contributed by atoms with Crippen molar-refractivity contribution >= 4 is 17.8 Å². The zero-order valence-corrected chi connectivity index (χ0v) is 19.5. The van der Waals surface area contributed by atoms with E-state index in [0.717, 1.165) is 43.2 Å². The van der Waals surface area contributed by atoms with Gasteiger partial charge in [0.15, 0.2) is 0 Å². The molecule has 0 aliphatic carbocycles. The number of hydrogen-bond acceptors (Lipinski definition) is 5. The van der Waals surface area contributed by atoms with Gasteiger partial charge in [-0.25, -0.2) is 9.18 Å². The molecule has 180 valence electrons. The molecule has 4 amide bonds. The van der Waals surface area contributed by atoms with Crippen molar-refractivity contribution in [2.24, 2.45) is 0 Å². The summed E-state index contributed by atoms with van der Waals surface area (Å²) in [5.74, 6) is -1.42. The highest BCUT2D eigenvalue weighted by atomic mass is 19.1. The lowest BCUT2D eigenvalue weighted by Crippen LogP contribution is -2.43. The Morgan fingerprint density at radius 3 is 2.44 bits per heavy atom. The van der Waals surface area contributed by atoms with Crippen molar-refractivity contribution in [1.82, 2.24) is 25.3 Å². The summed E-state index contributed by atoms with van der Waals surface area (Å²) in [5, 5.41) is 5.42. The summed E-state index contributed by atoms with van der Waals surface area (Å²) in [5.41, 5.74) is 1.24. The third-order valence-corrected chi connectivity index (χ3v) is 6.48. The molecule has 0 spiro atoms. The monoisotopic (exact) mass is 467 g/mol. The third-order valence-electron chi connectivity index (χ3n) is 6.48. The van der Waals surface area contributed by atoms with Crippen molar-refractivity contribution in [2.45, 2.75) is 25.6 Å².